The maximum absolute atomic E-state index is 11.4. The van der Waals surface area contributed by atoms with Gasteiger partial charge >= 0.3 is 5.97 Å². The number of hydrogen-bond acceptors (Lipinski definition) is 5. The lowest BCUT2D eigenvalue weighted by Crippen LogP contribution is -2.24. The van der Waals surface area contributed by atoms with Gasteiger partial charge in [-0.25, -0.2) is 0 Å². The average molecular weight is 418 g/mol. The molecule has 0 bridgehead atoms. The normalized spacial score (nSPS) is 15.2. The van der Waals surface area contributed by atoms with Crippen LogP contribution in [0.1, 0.15) is 61.1 Å². The molecule has 0 heterocycles. The van der Waals surface area contributed by atoms with Crippen molar-refractivity contribution in [3.05, 3.63) is 70.8 Å². The molecule has 0 saturated heterocycles. The monoisotopic (exact) mass is 417 g/mol. The van der Waals surface area contributed by atoms with E-state index in [1.807, 2.05) is 38.1 Å². The largest absolute Gasteiger partial charge is 0.490 e. The summed E-state index contributed by atoms with van der Waals surface area (Å²) in [5, 5.41) is 12.8. The lowest BCUT2D eigenvalue weighted by atomic mass is 10.0. The second kappa shape index (κ2) is 9.48. The number of nitrogens with one attached hydrogen (secondary N) is 1. The lowest BCUT2D eigenvalue weighted by Gasteiger charge is -2.17. The maximum atomic E-state index is 11.4. The Kier molecular flexibility index (Phi) is 6.76. The predicted molar refractivity (Wildman–Crippen MR) is 121 cm³/mol. The summed E-state index contributed by atoms with van der Waals surface area (Å²) >= 11 is 0. The number of rotatable bonds is 6. The third-order valence-corrected chi connectivity index (χ3v) is 5.08. The fraction of sp³-hybridized carbons (Fsp3) is 0.320. The SMILES string of the molecule is C=C(NC(=NC)c1cccc2c1CCC2OC(C)=O)c1ccc(OC(C)C)c(C#N)c1. The molecule has 2 aromatic carbocycles. The summed E-state index contributed by atoms with van der Waals surface area (Å²) < 4.78 is 11.2. The molecule has 3 rings (SSSR count). The molecule has 0 aromatic heterocycles. The van der Waals surface area contributed by atoms with Crippen LogP contribution in [0.4, 0.5) is 0 Å². The van der Waals surface area contributed by atoms with E-state index in [0.717, 1.165) is 35.1 Å². The van der Waals surface area contributed by atoms with E-state index in [1.54, 1.807) is 19.2 Å². The van der Waals surface area contributed by atoms with Gasteiger partial charge in [0.25, 0.3) is 0 Å². The van der Waals surface area contributed by atoms with E-state index < -0.39 is 0 Å². The highest BCUT2D eigenvalue weighted by atomic mass is 16.5. The van der Waals surface area contributed by atoms with Crippen LogP contribution in [0, 0.1) is 11.3 Å². The minimum atomic E-state index is -0.280. The number of nitriles is 1. The molecule has 1 aliphatic carbocycles. The van der Waals surface area contributed by atoms with Gasteiger partial charge in [-0.05, 0) is 61.6 Å². The average Bonchev–Trinajstić information content (AvgIpc) is 3.14. The summed E-state index contributed by atoms with van der Waals surface area (Å²) in [7, 11) is 1.72. The molecular weight excluding hydrogens is 390 g/mol. The molecular formula is C25H27N3O3. The third-order valence-electron chi connectivity index (χ3n) is 5.08. The number of carbonyl (C=O) groups is 1. The molecule has 6 heteroatoms. The zero-order valence-corrected chi connectivity index (χ0v) is 18.4. The highest BCUT2D eigenvalue weighted by Gasteiger charge is 2.28. The minimum absolute atomic E-state index is 0.0194. The van der Waals surface area contributed by atoms with Gasteiger partial charge in [-0.2, -0.15) is 5.26 Å². The minimum Gasteiger partial charge on any atom is -0.490 e. The first-order valence-corrected chi connectivity index (χ1v) is 10.3. The first kappa shape index (κ1) is 22.1. The Hall–Kier alpha value is -3.59. The van der Waals surface area contributed by atoms with Gasteiger partial charge in [0, 0.05) is 25.2 Å². The number of amidine groups is 1. The number of hydrogen-bond donors (Lipinski definition) is 1. The first-order valence-electron chi connectivity index (χ1n) is 10.3. The van der Waals surface area contributed by atoms with Crippen molar-refractivity contribution in [1.82, 2.24) is 5.32 Å². The number of nitrogens with zero attached hydrogens (tertiary/aromatic N) is 2. The van der Waals surface area contributed by atoms with Crippen LogP contribution >= 0.6 is 0 Å². The van der Waals surface area contributed by atoms with Crippen LogP contribution in [0.25, 0.3) is 5.70 Å². The summed E-state index contributed by atoms with van der Waals surface area (Å²) in [4.78, 5) is 15.9. The summed E-state index contributed by atoms with van der Waals surface area (Å²) in [6, 6.07) is 13.5. The van der Waals surface area contributed by atoms with E-state index in [9.17, 15) is 10.1 Å². The van der Waals surface area contributed by atoms with Gasteiger partial charge in [0.2, 0.25) is 0 Å². The Morgan fingerprint density at radius 1 is 1.32 bits per heavy atom. The number of benzene rings is 2. The molecule has 2 aromatic rings. The number of fused-ring (bicyclic) bond motifs is 1. The van der Waals surface area contributed by atoms with Crippen LogP contribution in [0.2, 0.25) is 0 Å². The Morgan fingerprint density at radius 2 is 2.10 bits per heavy atom. The second-order valence-corrected chi connectivity index (χ2v) is 7.68. The highest BCUT2D eigenvalue weighted by Crippen LogP contribution is 2.36. The van der Waals surface area contributed by atoms with Crippen LogP contribution in [-0.2, 0) is 16.0 Å². The summed E-state index contributed by atoms with van der Waals surface area (Å²) in [5.41, 5.74) is 4.95. The van der Waals surface area contributed by atoms with Crippen molar-refractivity contribution in [2.75, 3.05) is 7.05 Å². The first-order chi connectivity index (χ1) is 14.8. The topological polar surface area (TPSA) is 83.7 Å². The van der Waals surface area contributed by atoms with E-state index in [2.05, 4.69) is 23.0 Å². The fourth-order valence-corrected chi connectivity index (χ4v) is 3.78. The van der Waals surface area contributed by atoms with Gasteiger partial charge in [0.05, 0.1) is 11.7 Å². The molecule has 0 amide bonds. The Balaban J connectivity index is 1.85. The molecule has 1 N–H and O–H groups in total. The van der Waals surface area contributed by atoms with Crippen molar-refractivity contribution in [2.45, 2.75) is 45.8 Å². The molecule has 6 nitrogen and oxygen atoms in total. The fourth-order valence-electron chi connectivity index (χ4n) is 3.78. The Labute approximate surface area is 183 Å². The van der Waals surface area contributed by atoms with Gasteiger partial charge in [0.15, 0.2) is 0 Å². The van der Waals surface area contributed by atoms with Crippen molar-refractivity contribution < 1.29 is 14.3 Å². The van der Waals surface area contributed by atoms with Crippen molar-refractivity contribution >= 4 is 17.5 Å². The summed E-state index contributed by atoms with van der Waals surface area (Å²) in [5.74, 6) is 0.944. The van der Waals surface area contributed by atoms with Gasteiger partial charge < -0.3 is 14.8 Å². The van der Waals surface area contributed by atoms with E-state index in [1.165, 1.54) is 6.92 Å². The van der Waals surface area contributed by atoms with Crippen LogP contribution in [-0.4, -0.2) is 25.0 Å². The van der Waals surface area contributed by atoms with Crippen molar-refractivity contribution in [2.24, 2.45) is 4.99 Å². The molecule has 0 saturated carbocycles. The van der Waals surface area contributed by atoms with E-state index >= 15 is 0 Å². The number of aliphatic imine (C=N–C) groups is 1. The van der Waals surface area contributed by atoms with Gasteiger partial charge in [-0.15, -0.1) is 0 Å². The zero-order valence-electron chi connectivity index (χ0n) is 18.4. The molecule has 1 unspecified atom stereocenters. The van der Waals surface area contributed by atoms with E-state index in [4.69, 9.17) is 9.47 Å². The maximum Gasteiger partial charge on any atom is 0.303 e. The van der Waals surface area contributed by atoms with Crippen LogP contribution in [0.3, 0.4) is 0 Å². The summed E-state index contributed by atoms with van der Waals surface area (Å²) in [6.45, 7) is 9.41. The number of esters is 1. The molecule has 160 valence electrons. The molecule has 0 fully saturated rings. The lowest BCUT2D eigenvalue weighted by molar-refractivity contribution is -0.146. The van der Waals surface area contributed by atoms with Gasteiger partial charge in [-0.1, -0.05) is 24.8 Å². The molecule has 0 aliphatic heterocycles. The quantitative estimate of drug-likeness (QED) is 0.424. The van der Waals surface area contributed by atoms with Crippen LogP contribution < -0.4 is 10.1 Å². The molecule has 1 aliphatic rings. The van der Waals surface area contributed by atoms with Gasteiger partial charge in [0.1, 0.15) is 23.8 Å². The highest BCUT2D eigenvalue weighted by molar-refractivity contribution is 6.04. The Morgan fingerprint density at radius 3 is 2.74 bits per heavy atom. The third kappa shape index (κ3) is 4.95. The summed E-state index contributed by atoms with van der Waals surface area (Å²) in [6.07, 6.45) is 1.32. The second-order valence-electron chi connectivity index (χ2n) is 7.68. The standard InChI is InChI=1S/C25H27N3O3/c1-15(2)30-23-11-9-18(13-19(23)14-26)16(3)28-25(27-5)22-8-6-7-21-20(22)10-12-24(21)31-17(4)29/h6-9,11,13,15,24H,3,10,12H2,1-2,4-5H3,(H,27,28). The molecule has 0 radical (unpaired) electrons. The molecule has 31 heavy (non-hydrogen) atoms. The number of carbonyl (C=O) groups excluding carboxylic acids is 1. The predicted octanol–water partition coefficient (Wildman–Crippen LogP) is 4.53. The van der Waals surface area contributed by atoms with E-state index in [-0.39, 0.29) is 18.2 Å². The van der Waals surface area contributed by atoms with Gasteiger partial charge in [-0.3, -0.25) is 9.79 Å². The van der Waals surface area contributed by atoms with Crippen molar-refractivity contribution in [3.63, 3.8) is 0 Å². The van der Waals surface area contributed by atoms with Crippen LogP contribution in [0.15, 0.2) is 48.0 Å². The zero-order chi connectivity index (χ0) is 22.5. The molecule has 0 spiro atoms. The van der Waals surface area contributed by atoms with Crippen LogP contribution in [0.5, 0.6) is 5.75 Å². The number of ether oxygens (including phenoxy) is 2. The Bertz CT molecular complexity index is 1080. The van der Waals surface area contributed by atoms with Crippen molar-refractivity contribution in [1.29, 1.82) is 5.26 Å². The van der Waals surface area contributed by atoms with Crippen molar-refractivity contribution in [3.8, 4) is 11.8 Å². The molecule has 1 atom stereocenters. The smallest absolute Gasteiger partial charge is 0.303 e. The van der Waals surface area contributed by atoms with E-state index in [0.29, 0.717) is 22.8 Å².